The molecule has 0 radical (unpaired) electrons. The van der Waals surface area contributed by atoms with Gasteiger partial charge in [-0.1, -0.05) is 36.4 Å². The molecule has 0 spiro atoms. The molecule has 3 aromatic rings. The summed E-state index contributed by atoms with van der Waals surface area (Å²) >= 11 is 3.49. The number of hydrogen-bond donors (Lipinski definition) is 1. The molecule has 33 heavy (non-hydrogen) atoms. The van der Waals surface area contributed by atoms with E-state index in [4.69, 9.17) is 14.2 Å². The normalized spacial score (nSPS) is 14.4. The van der Waals surface area contributed by atoms with Crippen LogP contribution in [0.25, 0.3) is 6.08 Å². The van der Waals surface area contributed by atoms with Gasteiger partial charge in [-0.15, -0.1) is 0 Å². The molecule has 168 valence electrons. The highest BCUT2D eigenvalue weighted by molar-refractivity contribution is 9.10. The van der Waals surface area contributed by atoms with E-state index in [2.05, 4.69) is 21.4 Å². The van der Waals surface area contributed by atoms with Crippen LogP contribution in [0.5, 0.6) is 17.2 Å². The highest BCUT2D eigenvalue weighted by Crippen LogP contribution is 2.37. The number of methoxy groups -OCH3 is 1. The molecule has 0 bridgehead atoms. The molecule has 1 fully saturated rings. The number of para-hydroxylation sites is 2. The Kier molecular flexibility index (Phi) is 6.95. The Morgan fingerprint density at radius 2 is 1.61 bits per heavy atom. The van der Waals surface area contributed by atoms with Crippen LogP contribution in [0.3, 0.4) is 0 Å². The number of nitrogens with one attached hydrogen (secondary N) is 1. The van der Waals surface area contributed by atoms with Crippen molar-refractivity contribution in [1.29, 1.82) is 0 Å². The second-order valence-electron chi connectivity index (χ2n) is 7.02. The molecule has 0 saturated carbocycles. The van der Waals surface area contributed by atoms with Crippen LogP contribution in [0, 0.1) is 0 Å². The van der Waals surface area contributed by atoms with Crippen LogP contribution in [0.4, 0.5) is 5.69 Å². The zero-order valence-corrected chi connectivity index (χ0v) is 19.4. The van der Waals surface area contributed by atoms with Crippen molar-refractivity contribution in [2.24, 2.45) is 0 Å². The summed E-state index contributed by atoms with van der Waals surface area (Å²) in [5.41, 5.74) is 3.81. The first-order valence-electron chi connectivity index (χ1n) is 10.2. The summed E-state index contributed by atoms with van der Waals surface area (Å²) in [4.78, 5) is 25.3. The van der Waals surface area contributed by atoms with E-state index < -0.39 is 11.8 Å². The third kappa shape index (κ3) is 5.18. The summed E-state index contributed by atoms with van der Waals surface area (Å²) in [6.07, 6.45) is 1.52. The number of nitrogens with zero attached hydrogens (tertiary/aromatic N) is 1. The minimum atomic E-state index is -0.475. The number of rotatable bonds is 8. The van der Waals surface area contributed by atoms with Gasteiger partial charge in [-0.25, -0.2) is 5.01 Å². The maximum atomic E-state index is 12.8. The molecule has 0 aromatic heterocycles. The van der Waals surface area contributed by atoms with Crippen molar-refractivity contribution < 1.29 is 23.8 Å². The molecule has 0 aliphatic carbocycles. The predicted molar refractivity (Wildman–Crippen MR) is 128 cm³/mol. The van der Waals surface area contributed by atoms with Gasteiger partial charge in [0.2, 0.25) is 0 Å². The molecular weight excluding hydrogens is 488 g/mol. The van der Waals surface area contributed by atoms with Gasteiger partial charge in [-0.2, -0.15) is 0 Å². The second-order valence-corrected chi connectivity index (χ2v) is 7.87. The first kappa shape index (κ1) is 22.4. The third-order valence-corrected chi connectivity index (χ3v) is 5.40. The smallest absolute Gasteiger partial charge is 0.282 e. The standard InChI is InChI=1S/C25H21BrN2O5/c1-31-22-16-17(14-20-24(29)27-28(25(20)30)18-8-4-2-5-9-18)15-21(26)23(22)33-13-12-32-19-10-6-3-7-11-19/h2-11,14-16H,12-13H2,1H3,(H,27,29)/b20-14+. The minimum absolute atomic E-state index is 0.0257. The fourth-order valence-corrected chi connectivity index (χ4v) is 3.84. The summed E-state index contributed by atoms with van der Waals surface area (Å²) in [5.74, 6) is 0.821. The van der Waals surface area contributed by atoms with Gasteiger partial charge < -0.3 is 14.2 Å². The SMILES string of the molecule is COc1cc(/C=C2\C(=O)NN(c3ccccc3)C2=O)cc(Br)c1OCCOc1ccccc1. The highest BCUT2D eigenvalue weighted by Gasteiger charge is 2.34. The fraction of sp³-hybridized carbons (Fsp3) is 0.120. The molecule has 1 N–H and O–H groups in total. The molecule has 1 aliphatic heterocycles. The minimum Gasteiger partial charge on any atom is -0.493 e. The van der Waals surface area contributed by atoms with E-state index in [9.17, 15) is 9.59 Å². The number of hydrazine groups is 1. The highest BCUT2D eigenvalue weighted by atomic mass is 79.9. The molecule has 4 rings (SSSR count). The Bertz CT molecular complexity index is 1180. The second kappa shape index (κ2) is 10.2. The van der Waals surface area contributed by atoms with E-state index >= 15 is 0 Å². The predicted octanol–water partition coefficient (Wildman–Crippen LogP) is 4.38. The van der Waals surface area contributed by atoms with Crippen molar-refractivity contribution in [3.8, 4) is 17.2 Å². The van der Waals surface area contributed by atoms with E-state index in [-0.39, 0.29) is 5.57 Å². The van der Waals surface area contributed by atoms with Crippen LogP contribution < -0.4 is 24.6 Å². The number of anilines is 1. The monoisotopic (exact) mass is 508 g/mol. The number of halogens is 1. The maximum Gasteiger partial charge on any atom is 0.282 e. The Balaban J connectivity index is 1.48. The van der Waals surface area contributed by atoms with Gasteiger partial charge in [0.1, 0.15) is 24.5 Å². The van der Waals surface area contributed by atoms with Crippen molar-refractivity contribution in [2.45, 2.75) is 0 Å². The van der Waals surface area contributed by atoms with Gasteiger partial charge in [-0.3, -0.25) is 15.0 Å². The maximum absolute atomic E-state index is 12.8. The Morgan fingerprint density at radius 3 is 2.30 bits per heavy atom. The van der Waals surface area contributed by atoms with Crippen molar-refractivity contribution in [3.05, 3.63) is 88.4 Å². The average molecular weight is 509 g/mol. The first-order chi connectivity index (χ1) is 16.1. The van der Waals surface area contributed by atoms with E-state index in [0.717, 1.165) is 5.75 Å². The summed E-state index contributed by atoms with van der Waals surface area (Å²) in [5, 5.41) is 1.23. The number of carbonyl (C=O) groups excluding carboxylic acids is 2. The lowest BCUT2D eigenvalue weighted by atomic mass is 10.1. The molecule has 7 nitrogen and oxygen atoms in total. The van der Waals surface area contributed by atoms with E-state index in [1.54, 1.807) is 36.4 Å². The van der Waals surface area contributed by atoms with Gasteiger partial charge in [0.25, 0.3) is 11.8 Å². The van der Waals surface area contributed by atoms with Crippen LogP contribution in [0.15, 0.2) is 82.8 Å². The molecule has 0 atom stereocenters. The lowest BCUT2D eigenvalue weighted by Gasteiger charge is -2.14. The first-order valence-corrected chi connectivity index (χ1v) is 11.0. The molecule has 2 amide bonds. The van der Waals surface area contributed by atoms with Gasteiger partial charge >= 0.3 is 0 Å². The summed E-state index contributed by atoms with van der Waals surface area (Å²) < 4.78 is 17.6. The molecular formula is C25H21BrN2O5. The Hall–Kier alpha value is -3.78. The van der Waals surface area contributed by atoms with Crippen LogP contribution in [0.1, 0.15) is 5.56 Å². The molecule has 1 heterocycles. The topological polar surface area (TPSA) is 77.1 Å². The molecule has 1 aliphatic rings. The van der Waals surface area contributed by atoms with Crippen LogP contribution in [0.2, 0.25) is 0 Å². The molecule has 8 heteroatoms. The largest absolute Gasteiger partial charge is 0.493 e. The molecule has 3 aromatic carbocycles. The van der Waals surface area contributed by atoms with Crippen molar-refractivity contribution in [1.82, 2.24) is 5.43 Å². The third-order valence-electron chi connectivity index (χ3n) is 4.81. The summed E-state index contributed by atoms with van der Waals surface area (Å²) in [6, 6.07) is 21.8. The zero-order chi connectivity index (χ0) is 23.2. The van der Waals surface area contributed by atoms with Crippen molar-refractivity contribution in [3.63, 3.8) is 0 Å². The molecule has 1 saturated heterocycles. The number of benzene rings is 3. The fourth-order valence-electron chi connectivity index (χ4n) is 3.27. The van der Waals surface area contributed by atoms with Crippen molar-refractivity contribution >= 4 is 39.5 Å². The lowest BCUT2D eigenvalue weighted by molar-refractivity contribution is -0.117. The van der Waals surface area contributed by atoms with Gasteiger partial charge in [0, 0.05) is 0 Å². The number of ether oxygens (including phenoxy) is 3. The lowest BCUT2D eigenvalue weighted by Crippen LogP contribution is -2.35. The van der Waals surface area contributed by atoms with Gasteiger partial charge in [-0.05, 0) is 64.0 Å². The molecule has 0 unspecified atom stereocenters. The van der Waals surface area contributed by atoms with Crippen molar-refractivity contribution in [2.75, 3.05) is 25.3 Å². The number of carbonyl (C=O) groups is 2. The Morgan fingerprint density at radius 1 is 0.939 bits per heavy atom. The Labute approximate surface area is 199 Å². The van der Waals surface area contributed by atoms with E-state index in [1.165, 1.54) is 18.2 Å². The number of amides is 2. The number of hydrogen-bond acceptors (Lipinski definition) is 5. The van der Waals surface area contributed by atoms with E-state index in [1.807, 2.05) is 36.4 Å². The quantitative estimate of drug-likeness (QED) is 0.277. The van der Waals surface area contributed by atoms with Crippen LogP contribution in [-0.4, -0.2) is 32.1 Å². The van der Waals surface area contributed by atoms with E-state index in [0.29, 0.717) is 40.4 Å². The summed E-state index contributed by atoms with van der Waals surface area (Å²) in [6.45, 7) is 0.659. The van der Waals surface area contributed by atoms with Gasteiger partial charge in [0.15, 0.2) is 11.5 Å². The van der Waals surface area contributed by atoms with Crippen LogP contribution in [-0.2, 0) is 9.59 Å². The van der Waals surface area contributed by atoms with Crippen LogP contribution >= 0.6 is 15.9 Å². The summed E-state index contributed by atoms with van der Waals surface area (Å²) in [7, 11) is 1.52. The zero-order valence-electron chi connectivity index (χ0n) is 17.8. The average Bonchev–Trinajstić information content (AvgIpc) is 3.12. The van der Waals surface area contributed by atoms with Gasteiger partial charge in [0.05, 0.1) is 17.3 Å².